The van der Waals surface area contributed by atoms with Crippen LogP contribution in [-0.2, 0) is 10.0 Å². The van der Waals surface area contributed by atoms with Crippen LogP contribution in [0.1, 0.15) is 19.9 Å². The van der Waals surface area contributed by atoms with Crippen molar-refractivity contribution in [2.45, 2.75) is 24.8 Å². The first kappa shape index (κ1) is 13.6. The molecule has 3 heterocycles. The first-order chi connectivity index (χ1) is 9.95. The SMILES string of the molecule is CC(C)n1cc(S(=O)(=O)Nc2cnc3[nH]ncc3c2)cn1. The van der Waals surface area contributed by atoms with E-state index in [4.69, 9.17) is 0 Å². The Morgan fingerprint density at radius 3 is 2.81 bits per heavy atom. The van der Waals surface area contributed by atoms with Gasteiger partial charge in [-0.25, -0.2) is 13.4 Å². The molecule has 0 aromatic carbocycles. The fraction of sp³-hybridized carbons (Fsp3) is 0.250. The first-order valence-corrected chi connectivity index (χ1v) is 7.80. The summed E-state index contributed by atoms with van der Waals surface area (Å²) in [5, 5.41) is 11.3. The van der Waals surface area contributed by atoms with E-state index in [0.29, 0.717) is 11.3 Å². The third-order valence-corrected chi connectivity index (χ3v) is 4.30. The Labute approximate surface area is 121 Å². The van der Waals surface area contributed by atoms with Crippen LogP contribution in [0.5, 0.6) is 0 Å². The van der Waals surface area contributed by atoms with Crippen molar-refractivity contribution in [2.24, 2.45) is 0 Å². The maximum atomic E-state index is 12.3. The van der Waals surface area contributed by atoms with Gasteiger partial charge in [0.1, 0.15) is 4.90 Å². The minimum absolute atomic E-state index is 0.0953. The van der Waals surface area contributed by atoms with Crippen LogP contribution in [-0.4, -0.2) is 33.4 Å². The number of nitrogens with one attached hydrogen (secondary N) is 2. The number of H-pyrrole nitrogens is 1. The lowest BCUT2D eigenvalue weighted by Gasteiger charge is -2.06. The Kier molecular flexibility index (Phi) is 3.13. The maximum absolute atomic E-state index is 12.3. The van der Waals surface area contributed by atoms with Crippen molar-refractivity contribution in [1.29, 1.82) is 0 Å². The predicted octanol–water partition coefficient (Wildman–Crippen LogP) is 1.54. The third kappa shape index (κ3) is 2.59. The number of pyridine rings is 1. The summed E-state index contributed by atoms with van der Waals surface area (Å²) in [7, 11) is -3.68. The van der Waals surface area contributed by atoms with Gasteiger partial charge in [0.2, 0.25) is 0 Å². The summed E-state index contributed by atoms with van der Waals surface area (Å²) in [6.45, 7) is 3.85. The molecule has 0 unspecified atom stereocenters. The fourth-order valence-corrected chi connectivity index (χ4v) is 2.82. The Morgan fingerprint density at radius 1 is 1.29 bits per heavy atom. The van der Waals surface area contributed by atoms with Crippen LogP contribution in [0, 0.1) is 0 Å². The molecular formula is C12H14N6O2S. The Hall–Kier alpha value is -2.42. The van der Waals surface area contributed by atoms with Crippen molar-refractivity contribution in [3.8, 4) is 0 Å². The largest absolute Gasteiger partial charge is 0.278 e. The highest BCUT2D eigenvalue weighted by Gasteiger charge is 2.17. The minimum Gasteiger partial charge on any atom is -0.278 e. The molecule has 0 aliphatic heterocycles. The zero-order valence-electron chi connectivity index (χ0n) is 11.5. The zero-order valence-corrected chi connectivity index (χ0v) is 12.3. The number of hydrogen-bond donors (Lipinski definition) is 2. The van der Waals surface area contributed by atoms with Crippen LogP contribution in [0.15, 0.2) is 35.7 Å². The van der Waals surface area contributed by atoms with Crippen molar-refractivity contribution in [3.63, 3.8) is 0 Å². The van der Waals surface area contributed by atoms with Gasteiger partial charge in [-0.3, -0.25) is 14.5 Å². The van der Waals surface area contributed by atoms with Crippen LogP contribution < -0.4 is 4.72 Å². The average Bonchev–Trinajstić information content (AvgIpc) is 3.07. The molecule has 9 heteroatoms. The molecule has 0 amide bonds. The summed E-state index contributed by atoms with van der Waals surface area (Å²) in [4.78, 5) is 4.20. The van der Waals surface area contributed by atoms with Crippen molar-refractivity contribution in [3.05, 3.63) is 30.9 Å². The van der Waals surface area contributed by atoms with E-state index in [0.717, 1.165) is 5.39 Å². The van der Waals surface area contributed by atoms with E-state index in [2.05, 4.69) is 25.0 Å². The highest BCUT2D eigenvalue weighted by Crippen LogP contribution is 2.19. The molecular weight excluding hydrogens is 292 g/mol. The lowest BCUT2D eigenvalue weighted by molar-refractivity contribution is 0.531. The Balaban J connectivity index is 1.90. The topological polar surface area (TPSA) is 106 Å². The number of fused-ring (bicyclic) bond motifs is 1. The Morgan fingerprint density at radius 2 is 2.10 bits per heavy atom. The van der Waals surface area contributed by atoms with Crippen LogP contribution in [0.4, 0.5) is 5.69 Å². The van der Waals surface area contributed by atoms with Crippen molar-refractivity contribution < 1.29 is 8.42 Å². The van der Waals surface area contributed by atoms with Gasteiger partial charge in [-0.05, 0) is 19.9 Å². The second-order valence-corrected chi connectivity index (χ2v) is 6.57. The zero-order chi connectivity index (χ0) is 15.0. The number of hydrogen-bond acceptors (Lipinski definition) is 5. The molecule has 0 atom stereocenters. The van der Waals surface area contributed by atoms with Gasteiger partial charge in [0.25, 0.3) is 10.0 Å². The summed E-state index contributed by atoms with van der Waals surface area (Å²) in [6, 6.07) is 1.76. The molecule has 3 aromatic heterocycles. The molecule has 2 N–H and O–H groups in total. The monoisotopic (exact) mass is 306 g/mol. The Bertz CT molecular complexity index is 880. The van der Waals surface area contributed by atoms with Crippen LogP contribution in [0.25, 0.3) is 11.0 Å². The van der Waals surface area contributed by atoms with Crippen LogP contribution in [0.2, 0.25) is 0 Å². The number of sulfonamides is 1. The molecule has 0 spiro atoms. The number of nitrogens with zero attached hydrogens (tertiary/aromatic N) is 4. The van der Waals surface area contributed by atoms with Gasteiger partial charge in [0.05, 0.1) is 24.3 Å². The second kappa shape index (κ2) is 4.85. The van der Waals surface area contributed by atoms with E-state index in [9.17, 15) is 8.42 Å². The summed E-state index contributed by atoms with van der Waals surface area (Å²) in [5.41, 5.74) is 0.978. The molecule has 8 nitrogen and oxygen atoms in total. The van der Waals surface area contributed by atoms with Crippen LogP contribution in [0.3, 0.4) is 0 Å². The van der Waals surface area contributed by atoms with E-state index in [1.54, 1.807) is 16.9 Å². The molecule has 0 saturated heterocycles. The number of rotatable bonds is 4. The van der Waals surface area contributed by atoms with Gasteiger partial charge in [-0.2, -0.15) is 10.2 Å². The van der Waals surface area contributed by atoms with Gasteiger partial charge in [0.15, 0.2) is 5.65 Å². The molecule has 3 rings (SSSR count). The highest BCUT2D eigenvalue weighted by atomic mass is 32.2. The van der Waals surface area contributed by atoms with E-state index in [1.165, 1.54) is 18.6 Å². The van der Waals surface area contributed by atoms with E-state index in [-0.39, 0.29) is 10.9 Å². The minimum atomic E-state index is -3.68. The van der Waals surface area contributed by atoms with Gasteiger partial charge in [0, 0.05) is 17.6 Å². The molecule has 21 heavy (non-hydrogen) atoms. The summed E-state index contributed by atoms with van der Waals surface area (Å²) < 4.78 is 28.7. The van der Waals surface area contributed by atoms with E-state index in [1.807, 2.05) is 13.8 Å². The number of anilines is 1. The van der Waals surface area contributed by atoms with Gasteiger partial charge < -0.3 is 0 Å². The third-order valence-electron chi connectivity index (χ3n) is 2.96. The molecule has 0 radical (unpaired) electrons. The van der Waals surface area contributed by atoms with E-state index >= 15 is 0 Å². The van der Waals surface area contributed by atoms with Gasteiger partial charge in [-0.1, -0.05) is 0 Å². The average molecular weight is 306 g/mol. The summed E-state index contributed by atoms with van der Waals surface area (Å²) in [5.74, 6) is 0. The number of aromatic amines is 1. The quantitative estimate of drug-likeness (QED) is 0.760. The second-order valence-electron chi connectivity index (χ2n) is 4.89. The van der Waals surface area contributed by atoms with E-state index < -0.39 is 10.0 Å². The molecule has 0 fully saturated rings. The van der Waals surface area contributed by atoms with Crippen molar-refractivity contribution >= 4 is 26.7 Å². The van der Waals surface area contributed by atoms with Crippen molar-refractivity contribution in [2.75, 3.05) is 4.72 Å². The predicted molar refractivity (Wildman–Crippen MR) is 77.3 cm³/mol. The number of aromatic nitrogens is 5. The van der Waals surface area contributed by atoms with Gasteiger partial charge >= 0.3 is 0 Å². The fourth-order valence-electron chi connectivity index (χ4n) is 1.85. The molecule has 0 bridgehead atoms. The molecule has 3 aromatic rings. The van der Waals surface area contributed by atoms with Gasteiger partial charge in [-0.15, -0.1) is 0 Å². The lowest BCUT2D eigenvalue weighted by atomic mass is 10.3. The first-order valence-electron chi connectivity index (χ1n) is 6.32. The summed E-state index contributed by atoms with van der Waals surface area (Å²) in [6.07, 6.45) is 5.84. The normalized spacial score (nSPS) is 12.1. The van der Waals surface area contributed by atoms with Crippen LogP contribution >= 0.6 is 0 Å². The lowest BCUT2D eigenvalue weighted by Crippen LogP contribution is -2.12. The van der Waals surface area contributed by atoms with Crippen molar-refractivity contribution in [1.82, 2.24) is 25.0 Å². The molecule has 110 valence electrons. The molecule has 0 saturated carbocycles. The highest BCUT2D eigenvalue weighted by molar-refractivity contribution is 7.92. The smallest absolute Gasteiger partial charge is 0.265 e. The summed E-state index contributed by atoms with van der Waals surface area (Å²) >= 11 is 0. The molecule has 0 aliphatic carbocycles. The standard InChI is InChI=1S/C12H14N6O2S/c1-8(2)18-7-11(6-15-18)21(19,20)17-10-3-9-4-14-16-12(9)13-5-10/h3-8,17H,1-2H3,(H,13,14,16). The maximum Gasteiger partial charge on any atom is 0.265 e. The molecule has 0 aliphatic rings.